The Labute approximate surface area is 145 Å². The van der Waals surface area contributed by atoms with E-state index in [0.29, 0.717) is 0 Å². The van der Waals surface area contributed by atoms with E-state index in [1.165, 1.54) is 22.3 Å². The highest BCUT2D eigenvalue weighted by Crippen LogP contribution is 2.14. The molecule has 0 saturated carbocycles. The minimum absolute atomic E-state index is 1.03. The average molecular weight is 318 g/mol. The first kappa shape index (κ1) is 16.7. The summed E-state index contributed by atoms with van der Waals surface area (Å²) in [5, 5.41) is 0. The number of benzene rings is 2. The third kappa shape index (κ3) is 4.44. The number of hydrogen-bond acceptors (Lipinski definition) is 2. The molecule has 0 atom stereocenters. The van der Waals surface area contributed by atoms with Gasteiger partial charge in [-0.3, -0.25) is 9.80 Å². The van der Waals surface area contributed by atoms with Crippen LogP contribution in [0.4, 0.5) is 0 Å². The van der Waals surface area contributed by atoms with E-state index in [4.69, 9.17) is 0 Å². The average Bonchev–Trinajstić information content (AvgIpc) is 2.64. The second-order valence-corrected chi connectivity index (χ2v) is 6.45. The van der Waals surface area contributed by atoms with Gasteiger partial charge in [0.15, 0.2) is 0 Å². The lowest BCUT2D eigenvalue weighted by molar-refractivity contribution is 0.122. The van der Waals surface area contributed by atoms with Crippen molar-refractivity contribution < 1.29 is 0 Å². The number of piperazine rings is 1. The summed E-state index contributed by atoms with van der Waals surface area (Å²) < 4.78 is 0. The SMILES string of the molecule is C=Cc1ccc(CN2CCN(Cc3cccc(C=C)c3)CC2)cc1. The predicted octanol–water partition coefficient (Wildman–Crippen LogP) is 4.29. The molecule has 1 fully saturated rings. The molecule has 1 saturated heterocycles. The number of rotatable bonds is 6. The molecule has 2 heteroatoms. The third-order valence-corrected chi connectivity index (χ3v) is 4.68. The van der Waals surface area contributed by atoms with Crippen LogP contribution in [0.1, 0.15) is 22.3 Å². The van der Waals surface area contributed by atoms with E-state index in [0.717, 1.165) is 39.3 Å². The molecule has 0 aromatic heterocycles. The van der Waals surface area contributed by atoms with Gasteiger partial charge in [-0.1, -0.05) is 73.8 Å². The van der Waals surface area contributed by atoms with Gasteiger partial charge in [-0.05, 0) is 22.3 Å². The smallest absolute Gasteiger partial charge is 0.0235 e. The maximum absolute atomic E-state index is 3.85. The van der Waals surface area contributed by atoms with Crippen molar-refractivity contribution in [1.29, 1.82) is 0 Å². The zero-order valence-corrected chi connectivity index (χ0v) is 14.3. The van der Waals surface area contributed by atoms with Gasteiger partial charge >= 0.3 is 0 Å². The molecule has 0 radical (unpaired) electrons. The summed E-state index contributed by atoms with van der Waals surface area (Å²) in [6.07, 6.45) is 3.81. The van der Waals surface area contributed by atoms with E-state index in [-0.39, 0.29) is 0 Å². The zero-order chi connectivity index (χ0) is 16.8. The van der Waals surface area contributed by atoms with Gasteiger partial charge in [-0.15, -0.1) is 0 Å². The topological polar surface area (TPSA) is 6.48 Å². The van der Waals surface area contributed by atoms with Crippen LogP contribution in [0.15, 0.2) is 61.7 Å². The summed E-state index contributed by atoms with van der Waals surface area (Å²) in [7, 11) is 0. The van der Waals surface area contributed by atoms with Crippen LogP contribution in [0.25, 0.3) is 12.2 Å². The van der Waals surface area contributed by atoms with Crippen LogP contribution in [0.2, 0.25) is 0 Å². The quantitative estimate of drug-likeness (QED) is 0.784. The van der Waals surface area contributed by atoms with Gasteiger partial charge in [0, 0.05) is 39.3 Å². The fraction of sp³-hybridized carbons (Fsp3) is 0.273. The van der Waals surface area contributed by atoms with Crippen LogP contribution in [0, 0.1) is 0 Å². The first-order valence-corrected chi connectivity index (χ1v) is 8.64. The lowest BCUT2D eigenvalue weighted by Crippen LogP contribution is -2.45. The fourth-order valence-electron chi connectivity index (χ4n) is 3.20. The molecule has 124 valence electrons. The van der Waals surface area contributed by atoms with Gasteiger partial charge in [-0.25, -0.2) is 0 Å². The van der Waals surface area contributed by atoms with E-state index in [1.807, 2.05) is 12.2 Å². The first-order chi connectivity index (χ1) is 11.8. The molecule has 1 aliphatic rings. The number of hydrogen-bond donors (Lipinski definition) is 0. The van der Waals surface area contributed by atoms with Gasteiger partial charge in [0.05, 0.1) is 0 Å². The number of nitrogens with zero attached hydrogens (tertiary/aromatic N) is 2. The lowest BCUT2D eigenvalue weighted by Gasteiger charge is -2.34. The molecule has 3 rings (SSSR count). The molecule has 0 unspecified atom stereocenters. The Morgan fingerprint density at radius 2 is 1.29 bits per heavy atom. The second kappa shape index (κ2) is 8.09. The molecular weight excluding hydrogens is 292 g/mol. The van der Waals surface area contributed by atoms with Crippen LogP contribution in [0.3, 0.4) is 0 Å². The van der Waals surface area contributed by atoms with Gasteiger partial charge in [-0.2, -0.15) is 0 Å². The van der Waals surface area contributed by atoms with Crippen LogP contribution in [0.5, 0.6) is 0 Å². The maximum Gasteiger partial charge on any atom is 0.0235 e. The summed E-state index contributed by atoms with van der Waals surface area (Å²) in [6, 6.07) is 17.4. The molecule has 2 aromatic carbocycles. The van der Waals surface area contributed by atoms with Crippen LogP contribution < -0.4 is 0 Å². The van der Waals surface area contributed by atoms with Crippen molar-refractivity contribution in [2.75, 3.05) is 26.2 Å². The second-order valence-electron chi connectivity index (χ2n) is 6.45. The molecule has 24 heavy (non-hydrogen) atoms. The van der Waals surface area contributed by atoms with E-state index >= 15 is 0 Å². The van der Waals surface area contributed by atoms with Crippen molar-refractivity contribution in [1.82, 2.24) is 9.80 Å². The Balaban J connectivity index is 1.49. The molecule has 0 spiro atoms. The largest absolute Gasteiger partial charge is 0.297 e. The third-order valence-electron chi connectivity index (χ3n) is 4.68. The highest BCUT2D eigenvalue weighted by Gasteiger charge is 2.17. The Hall–Kier alpha value is -2.16. The van der Waals surface area contributed by atoms with E-state index in [1.54, 1.807) is 0 Å². The Kier molecular flexibility index (Phi) is 5.63. The highest BCUT2D eigenvalue weighted by molar-refractivity contribution is 5.48. The van der Waals surface area contributed by atoms with Crippen molar-refractivity contribution in [2.24, 2.45) is 0 Å². The molecule has 0 amide bonds. The Bertz CT molecular complexity index is 679. The standard InChI is InChI=1S/C22H26N2/c1-3-19-8-10-21(11-9-19)17-23-12-14-24(15-13-23)18-22-7-5-6-20(4-2)16-22/h3-11,16H,1-2,12-15,17-18H2. The van der Waals surface area contributed by atoms with Crippen LogP contribution in [-0.2, 0) is 13.1 Å². The molecule has 2 aromatic rings. The van der Waals surface area contributed by atoms with Crippen molar-refractivity contribution >= 4 is 12.2 Å². The molecule has 1 heterocycles. The normalized spacial score (nSPS) is 16.0. The fourth-order valence-corrected chi connectivity index (χ4v) is 3.20. The van der Waals surface area contributed by atoms with E-state index in [9.17, 15) is 0 Å². The Morgan fingerprint density at radius 3 is 1.88 bits per heavy atom. The van der Waals surface area contributed by atoms with Crippen molar-refractivity contribution in [3.63, 3.8) is 0 Å². The van der Waals surface area contributed by atoms with E-state index < -0.39 is 0 Å². The minimum atomic E-state index is 1.03. The van der Waals surface area contributed by atoms with Crippen LogP contribution in [-0.4, -0.2) is 36.0 Å². The molecular formula is C22H26N2. The molecule has 0 N–H and O–H groups in total. The molecule has 0 aliphatic carbocycles. The van der Waals surface area contributed by atoms with Gasteiger partial charge < -0.3 is 0 Å². The first-order valence-electron chi connectivity index (χ1n) is 8.64. The Morgan fingerprint density at radius 1 is 0.708 bits per heavy atom. The van der Waals surface area contributed by atoms with Gasteiger partial charge in [0.1, 0.15) is 0 Å². The van der Waals surface area contributed by atoms with Crippen molar-refractivity contribution in [3.8, 4) is 0 Å². The lowest BCUT2D eigenvalue weighted by atomic mass is 10.1. The van der Waals surface area contributed by atoms with Gasteiger partial charge in [0.25, 0.3) is 0 Å². The summed E-state index contributed by atoms with van der Waals surface area (Å²) in [4.78, 5) is 5.08. The highest BCUT2D eigenvalue weighted by atomic mass is 15.3. The molecule has 2 nitrogen and oxygen atoms in total. The summed E-state index contributed by atoms with van der Waals surface area (Å²) in [6.45, 7) is 14.2. The van der Waals surface area contributed by atoms with Crippen molar-refractivity contribution in [3.05, 3.63) is 83.9 Å². The predicted molar refractivity (Wildman–Crippen MR) is 104 cm³/mol. The maximum atomic E-state index is 3.85. The zero-order valence-electron chi connectivity index (χ0n) is 14.3. The monoisotopic (exact) mass is 318 g/mol. The summed E-state index contributed by atoms with van der Waals surface area (Å²) >= 11 is 0. The summed E-state index contributed by atoms with van der Waals surface area (Å²) in [5.41, 5.74) is 5.15. The summed E-state index contributed by atoms with van der Waals surface area (Å²) in [5.74, 6) is 0. The minimum Gasteiger partial charge on any atom is -0.297 e. The van der Waals surface area contributed by atoms with Crippen molar-refractivity contribution in [2.45, 2.75) is 13.1 Å². The van der Waals surface area contributed by atoms with E-state index in [2.05, 4.69) is 71.5 Å². The molecule has 1 aliphatic heterocycles. The van der Waals surface area contributed by atoms with Crippen LogP contribution >= 0.6 is 0 Å². The van der Waals surface area contributed by atoms with Gasteiger partial charge in [0.2, 0.25) is 0 Å². The molecule has 0 bridgehead atoms.